The number of benzene rings is 2. The van der Waals surface area contributed by atoms with Crippen LogP contribution in [-0.4, -0.2) is 15.5 Å². The molecule has 3 rings (SSSR count). The Morgan fingerprint density at radius 2 is 1.93 bits per heavy atom. The van der Waals surface area contributed by atoms with Crippen molar-refractivity contribution in [2.75, 3.05) is 5.32 Å². The zero-order valence-corrected chi connectivity index (χ0v) is 17.2. The summed E-state index contributed by atoms with van der Waals surface area (Å²) >= 11 is 11.4. The van der Waals surface area contributed by atoms with Crippen molar-refractivity contribution in [1.29, 1.82) is 0 Å². The third-order valence-electron chi connectivity index (χ3n) is 4.72. The highest BCUT2D eigenvalue weighted by atomic mass is 35.5. The molecule has 0 saturated heterocycles. The van der Waals surface area contributed by atoms with Crippen LogP contribution in [0.4, 0.5) is 5.69 Å². The monoisotopic (exact) mass is 415 g/mol. The Morgan fingerprint density at radius 3 is 2.75 bits per heavy atom. The number of H-pyrrole nitrogens is 1. The Balaban J connectivity index is 1.51. The third kappa shape index (κ3) is 4.69. The molecule has 7 heteroatoms. The molecule has 0 saturated carbocycles. The molecule has 0 aliphatic heterocycles. The van der Waals surface area contributed by atoms with E-state index in [9.17, 15) is 9.59 Å². The molecule has 1 heterocycles. The number of nitrogens with zero attached hydrogens (tertiary/aromatic N) is 1. The van der Waals surface area contributed by atoms with Gasteiger partial charge in [0.2, 0.25) is 5.91 Å². The van der Waals surface area contributed by atoms with Crippen molar-refractivity contribution in [3.63, 3.8) is 0 Å². The fourth-order valence-electron chi connectivity index (χ4n) is 3.09. The van der Waals surface area contributed by atoms with Crippen molar-refractivity contribution < 1.29 is 4.79 Å². The molecule has 1 aromatic heterocycles. The van der Waals surface area contributed by atoms with E-state index >= 15 is 0 Å². The minimum Gasteiger partial charge on any atom is -0.332 e. The lowest BCUT2D eigenvalue weighted by Crippen LogP contribution is -2.22. The number of fused-ring (bicyclic) bond motifs is 1. The topological polar surface area (TPSA) is 66.9 Å². The molecule has 5 nitrogen and oxygen atoms in total. The average Bonchev–Trinajstić information content (AvgIpc) is 2.67. The van der Waals surface area contributed by atoms with Gasteiger partial charge in [-0.25, -0.2) is 0 Å². The standard InChI is InChI=1S/C21H22ClN3O2S/c1-14-16(22)9-7-11-17(14)23-19(26)12-3-2-6-13-25-20(27)15-8-4-5-10-18(15)24-21(25)28/h4-5,7-11H,2-3,6,12-13H2,1H3,(H,23,26)(H,24,28). The van der Waals surface area contributed by atoms with Gasteiger partial charge in [0.25, 0.3) is 5.56 Å². The van der Waals surface area contributed by atoms with Crippen LogP contribution in [0.2, 0.25) is 5.02 Å². The molecule has 28 heavy (non-hydrogen) atoms. The van der Waals surface area contributed by atoms with Gasteiger partial charge >= 0.3 is 0 Å². The van der Waals surface area contributed by atoms with Crippen molar-refractivity contribution in [2.45, 2.75) is 39.2 Å². The highest BCUT2D eigenvalue weighted by Gasteiger charge is 2.08. The molecule has 0 fully saturated rings. The highest BCUT2D eigenvalue weighted by Crippen LogP contribution is 2.23. The van der Waals surface area contributed by atoms with Crippen molar-refractivity contribution in [1.82, 2.24) is 9.55 Å². The van der Waals surface area contributed by atoms with Crippen LogP contribution in [-0.2, 0) is 11.3 Å². The predicted molar refractivity (Wildman–Crippen MR) is 117 cm³/mol. The normalized spacial score (nSPS) is 10.9. The summed E-state index contributed by atoms with van der Waals surface area (Å²) in [5.74, 6) is -0.0365. The van der Waals surface area contributed by atoms with Crippen LogP contribution in [0, 0.1) is 11.7 Å². The van der Waals surface area contributed by atoms with Gasteiger partial charge in [0.1, 0.15) is 0 Å². The molecule has 2 N–H and O–H groups in total. The molecule has 0 atom stereocenters. The van der Waals surface area contributed by atoms with Crippen LogP contribution in [0.25, 0.3) is 10.9 Å². The average molecular weight is 416 g/mol. The van der Waals surface area contributed by atoms with Crippen LogP contribution < -0.4 is 10.9 Å². The Labute approximate surface area is 173 Å². The van der Waals surface area contributed by atoms with Crippen LogP contribution >= 0.6 is 23.8 Å². The fraction of sp³-hybridized carbons (Fsp3) is 0.286. The molecule has 0 spiro atoms. The minimum absolute atomic E-state index is 0.0365. The zero-order chi connectivity index (χ0) is 20.1. The van der Waals surface area contributed by atoms with Gasteiger partial charge in [0.05, 0.1) is 10.9 Å². The second-order valence-electron chi connectivity index (χ2n) is 6.70. The van der Waals surface area contributed by atoms with Crippen molar-refractivity contribution in [2.24, 2.45) is 0 Å². The van der Waals surface area contributed by atoms with Gasteiger partial charge in [0, 0.05) is 23.7 Å². The van der Waals surface area contributed by atoms with E-state index in [2.05, 4.69) is 10.3 Å². The quantitative estimate of drug-likeness (QED) is 0.410. The van der Waals surface area contributed by atoms with Crippen LogP contribution in [0.3, 0.4) is 0 Å². The van der Waals surface area contributed by atoms with E-state index in [4.69, 9.17) is 23.8 Å². The summed E-state index contributed by atoms with van der Waals surface area (Å²) < 4.78 is 2.02. The van der Waals surface area contributed by atoms with Gasteiger partial charge in [-0.1, -0.05) is 36.2 Å². The summed E-state index contributed by atoms with van der Waals surface area (Å²) in [6, 6.07) is 12.8. The van der Waals surface area contributed by atoms with E-state index < -0.39 is 0 Å². The molecular weight excluding hydrogens is 394 g/mol. The van der Waals surface area contributed by atoms with Crippen molar-refractivity contribution in [3.8, 4) is 0 Å². The predicted octanol–water partition coefficient (Wildman–Crippen LogP) is 5.22. The maximum Gasteiger partial charge on any atom is 0.262 e. The summed E-state index contributed by atoms with van der Waals surface area (Å²) in [7, 11) is 0. The molecule has 146 valence electrons. The second-order valence-corrected chi connectivity index (χ2v) is 7.50. The molecule has 0 bridgehead atoms. The third-order valence-corrected chi connectivity index (χ3v) is 5.45. The first kappa shape index (κ1) is 20.3. The van der Waals surface area contributed by atoms with Crippen LogP contribution in [0.1, 0.15) is 31.2 Å². The minimum atomic E-state index is -0.0754. The molecule has 0 aliphatic rings. The first-order chi connectivity index (χ1) is 13.5. The van der Waals surface area contributed by atoms with Crippen LogP contribution in [0.15, 0.2) is 47.3 Å². The lowest BCUT2D eigenvalue weighted by Gasteiger charge is -2.10. The van der Waals surface area contributed by atoms with Gasteiger partial charge in [-0.05, 0) is 61.8 Å². The number of aromatic nitrogens is 2. The van der Waals surface area contributed by atoms with Crippen LogP contribution in [0.5, 0.6) is 0 Å². The maximum absolute atomic E-state index is 12.6. The number of para-hydroxylation sites is 1. The Morgan fingerprint density at radius 1 is 1.14 bits per heavy atom. The summed E-state index contributed by atoms with van der Waals surface area (Å²) in [6.45, 7) is 2.41. The maximum atomic E-state index is 12.6. The summed E-state index contributed by atoms with van der Waals surface area (Å²) in [6.07, 6.45) is 2.77. The lowest BCUT2D eigenvalue weighted by molar-refractivity contribution is -0.116. The summed E-state index contributed by atoms with van der Waals surface area (Å²) in [5, 5.41) is 4.16. The van der Waals surface area contributed by atoms with E-state index in [0.717, 1.165) is 36.0 Å². The van der Waals surface area contributed by atoms with E-state index in [1.165, 1.54) is 0 Å². The van der Waals surface area contributed by atoms with E-state index in [1.807, 2.05) is 37.3 Å². The second kappa shape index (κ2) is 9.17. The van der Waals surface area contributed by atoms with E-state index in [1.54, 1.807) is 16.7 Å². The molecule has 0 unspecified atom stereocenters. The number of aromatic amines is 1. The molecule has 2 aromatic carbocycles. The smallest absolute Gasteiger partial charge is 0.262 e. The van der Waals surface area contributed by atoms with Gasteiger partial charge in [-0.2, -0.15) is 0 Å². The van der Waals surface area contributed by atoms with Gasteiger partial charge in [0.15, 0.2) is 4.77 Å². The van der Waals surface area contributed by atoms with Crippen molar-refractivity contribution in [3.05, 3.63) is 68.2 Å². The molecular formula is C21H22ClN3O2S. The number of hydrogen-bond acceptors (Lipinski definition) is 3. The zero-order valence-electron chi connectivity index (χ0n) is 15.6. The number of nitrogens with one attached hydrogen (secondary N) is 2. The summed E-state index contributed by atoms with van der Waals surface area (Å²) in [4.78, 5) is 27.8. The molecule has 3 aromatic rings. The molecule has 0 radical (unpaired) electrons. The Kier molecular flexibility index (Phi) is 6.65. The number of amides is 1. The molecule has 1 amide bonds. The van der Waals surface area contributed by atoms with Crippen molar-refractivity contribution >= 4 is 46.3 Å². The first-order valence-electron chi connectivity index (χ1n) is 9.24. The fourth-order valence-corrected chi connectivity index (χ4v) is 3.55. The largest absolute Gasteiger partial charge is 0.332 e. The number of halogens is 1. The number of carbonyl (C=O) groups excluding carboxylic acids is 1. The Hall–Kier alpha value is -2.44. The van der Waals surface area contributed by atoms with Gasteiger partial charge < -0.3 is 10.3 Å². The number of rotatable bonds is 7. The number of anilines is 1. The van der Waals surface area contributed by atoms with Gasteiger partial charge in [-0.3, -0.25) is 14.2 Å². The van der Waals surface area contributed by atoms with E-state index in [0.29, 0.717) is 28.1 Å². The Bertz CT molecular complexity index is 1120. The van der Waals surface area contributed by atoms with E-state index in [-0.39, 0.29) is 11.5 Å². The number of carbonyl (C=O) groups is 1. The molecule has 0 aliphatic carbocycles. The number of hydrogen-bond donors (Lipinski definition) is 2. The van der Waals surface area contributed by atoms with Gasteiger partial charge in [-0.15, -0.1) is 0 Å². The SMILES string of the molecule is Cc1c(Cl)cccc1NC(=O)CCCCCn1c(=S)[nH]c2ccccc2c1=O. The highest BCUT2D eigenvalue weighted by molar-refractivity contribution is 7.71. The number of unbranched alkanes of at least 4 members (excludes halogenated alkanes) is 2. The first-order valence-corrected chi connectivity index (χ1v) is 10.0. The lowest BCUT2D eigenvalue weighted by atomic mass is 10.1. The summed E-state index contributed by atoms with van der Waals surface area (Å²) in [5.41, 5.74) is 2.28.